The molecule has 1 rings (SSSR count). The predicted octanol–water partition coefficient (Wildman–Crippen LogP) is 3.33. The molecule has 0 saturated heterocycles. The Morgan fingerprint density at radius 2 is 1.75 bits per heavy atom. The summed E-state index contributed by atoms with van der Waals surface area (Å²) in [6.45, 7) is 5.01. The fraction of sp³-hybridized carbons (Fsp3) is 0.625. The molecule has 3 nitrogen and oxygen atoms in total. The zero-order chi connectivity index (χ0) is 14.8. The first-order chi connectivity index (χ1) is 9.59. The van der Waals surface area contributed by atoms with E-state index in [4.69, 9.17) is 0 Å². The molecule has 0 bridgehead atoms. The third kappa shape index (κ3) is 6.53. The molecule has 0 amide bonds. The summed E-state index contributed by atoms with van der Waals surface area (Å²) >= 11 is 0. The quantitative estimate of drug-likeness (QED) is 0.674. The molecular formula is C16H27NO2S. The van der Waals surface area contributed by atoms with Crippen molar-refractivity contribution < 1.29 is 8.42 Å². The number of nitrogens with one attached hydrogen (secondary N) is 1. The number of unbranched alkanes of at least 4 members (excludes halogenated alkanes) is 2. The van der Waals surface area contributed by atoms with E-state index in [1.54, 1.807) is 0 Å². The highest BCUT2D eigenvalue weighted by Crippen LogP contribution is 2.16. The predicted molar refractivity (Wildman–Crippen MR) is 85.7 cm³/mol. The van der Waals surface area contributed by atoms with Gasteiger partial charge in [-0.05, 0) is 24.9 Å². The van der Waals surface area contributed by atoms with Crippen LogP contribution >= 0.6 is 0 Å². The summed E-state index contributed by atoms with van der Waals surface area (Å²) in [6.07, 6.45) is 3.80. The lowest BCUT2D eigenvalue weighted by molar-refractivity contribution is 0.544. The van der Waals surface area contributed by atoms with Crippen molar-refractivity contribution in [3.05, 3.63) is 35.9 Å². The SMILES string of the molecule is CCCCCS(=O)(=O)CC(NCCC)c1ccccc1. The van der Waals surface area contributed by atoms with Crippen LogP contribution in [0.1, 0.15) is 51.1 Å². The largest absolute Gasteiger partial charge is 0.309 e. The molecule has 0 fully saturated rings. The van der Waals surface area contributed by atoms with Crippen LogP contribution in [0, 0.1) is 0 Å². The van der Waals surface area contributed by atoms with E-state index < -0.39 is 9.84 Å². The van der Waals surface area contributed by atoms with Crippen LogP contribution in [0.25, 0.3) is 0 Å². The summed E-state index contributed by atoms with van der Waals surface area (Å²) in [5.74, 6) is 0.499. The van der Waals surface area contributed by atoms with Crippen LogP contribution < -0.4 is 5.32 Å². The minimum atomic E-state index is -2.99. The standard InChI is InChI=1S/C16H27NO2S/c1-3-5-9-13-20(18,19)14-16(17-12-4-2)15-10-7-6-8-11-15/h6-8,10-11,16-17H,3-5,9,12-14H2,1-2H3. The first-order valence-electron chi connectivity index (χ1n) is 7.57. The number of rotatable bonds is 10. The van der Waals surface area contributed by atoms with Crippen molar-refractivity contribution in [1.82, 2.24) is 5.32 Å². The molecule has 0 aromatic heterocycles. The van der Waals surface area contributed by atoms with E-state index in [0.29, 0.717) is 5.75 Å². The first kappa shape index (κ1) is 17.2. The highest BCUT2D eigenvalue weighted by Gasteiger charge is 2.19. The fourth-order valence-electron chi connectivity index (χ4n) is 2.19. The maximum atomic E-state index is 12.2. The van der Waals surface area contributed by atoms with E-state index in [-0.39, 0.29) is 11.8 Å². The highest BCUT2D eigenvalue weighted by atomic mass is 32.2. The lowest BCUT2D eigenvalue weighted by Crippen LogP contribution is -2.29. The third-order valence-corrected chi connectivity index (χ3v) is 5.07. The molecule has 20 heavy (non-hydrogen) atoms. The van der Waals surface area contributed by atoms with Gasteiger partial charge in [-0.1, -0.05) is 57.0 Å². The molecule has 1 atom stereocenters. The lowest BCUT2D eigenvalue weighted by atomic mass is 10.1. The van der Waals surface area contributed by atoms with E-state index in [2.05, 4.69) is 19.2 Å². The molecule has 0 aliphatic heterocycles. The number of sulfone groups is 1. The highest BCUT2D eigenvalue weighted by molar-refractivity contribution is 7.91. The van der Waals surface area contributed by atoms with Crippen LogP contribution in [0.5, 0.6) is 0 Å². The fourth-order valence-corrected chi connectivity index (χ4v) is 3.81. The zero-order valence-electron chi connectivity index (χ0n) is 12.6. The molecule has 1 unspecified atom stereocenters. The summed E-state index contributed by atoms with van der Waals surface area (Å²) in [5.41, 5.74) is 1.06. The topological polar surface area (TPSA) is 46.2 Å². The third-order valence-electron chi connectivity index (χ3n) is 3.32. The average molecular weight is 297 g/mol. The van der Waals surface area contributed by atoms with Crippen LogP contribution in [-0.4, -0.2) is 26.5 Å². The second-order valence-electron chi connectivity index (χ2n) is 5.24. The van der Waals surface area contributed by atoms with Crippen LogP contribution in [0.3, 0.4) is 0 Å². The molecule has 1 aromatic rings. The van der Waals surface area contributed by atoms with Gasteiger partial charge in [-0.15, -0.1) is 0 Å². The number of benzene rings is 1. The summed E-state index contributed by atoms with van der Waals surface area (Å²) in [5, 5.41) is 3.35. The summed E-state index contributed by atoms with van der Waals surface area (Å²) < 4.78 is 24.4. The molecule has 0 heterocycles. The Morgan fingerprint density at radius 1 is 1.05 bits per heavy atom. The van der Waals surface area contributed by atoms with Gasteiger partial charge in [0.2, 0.25) is 0 Å². The number of hydrogen-bond acceptors (Lipinski definition) is 3. The molecule has 0 spiro atoms. The smallest absolute Gasteiger partial charge is 0.152 e. The molecule has 0 saturated carbocycles. The Kier molecular flexibility index (Phi) is 7.85. The first-order valence-corrected chi connectivity index (χ1v) is 9.40. The Bertz CT molecular complexity index is 457. The molecule has 0 radical (unpaired) electrons. The molecule has 114 valence electrons. The Morgan fingerprint density at radius 3 is 2.35 bits per heavy atom. The maximum absolute atomic E-state index is 12.2. The van der Waals surface area contributed by atoms with Gasteiger partial charge in [-0.3, -0.25) is 0 Å². The van der Waals surface area contributed by atoms with Gasteiger partial charge in [0.15, 0.2) is 9.84 Å². The zero-order valence-corrected chi connectivity index (χ0v) is 13.5. The van der Waals surface area contributed by atoms with E-state index in [1.165, 1.54) is 0 Å². The number of hydrogen-bond donors (Lipinski definition) is 1. The normalized spacial score (nSPS) is 13.3. The second kappa shape index (κ2) is 9.14. The van der Waals surface area contributed by atoms with E-state index in [0.717, 1.165) is 37.8 Å². The van der Waals surface area contributed by atoms with Gasteiger partial charge < -0.3 is 5.32 Å². The lowest BCUT2D eigenvalue weighted by Gasteiger charge is -2.19. The van der Waals surface area contributed by atoms with Crippen molar-refractivity contribution in [3.8, 4) is 0 Å². The van der Waals surface area contributed by atoms with Crippen molar-refractivity contribution in [2.75, 3.05) is 18.1 Å². The molecule has 0 aliphatic carbocycles. The van der Waals surface area contributed by atoms with E-state index in [1.807, 2.05) is 30.3 Å². The van der Waals surface area contributed by atoms with Crippen LogP contribution in [0.15, 0.2) is 30.3 Å². The molecular weight excluding hydrogens is 270 g/mol. The van der Waals surface area contributed by atoms with Gasteiger partial charge in [0, 0.05) is 6.04 Å². The Hall–Kier alpha value is -0.870. The van der Waals surface area contributed by atoms with Gasteiger partial charge in [0.25, 0.3) is 0 Å². The van der Waals surface area contributed by atoms with Gasteiger partial charge in [0.05, 0.1) is 11.5 Å². The van der Waals surface area contributed by atoms with Crippen LogP contribution in [0.4, 0.5) is 0 Å². The molecule has 0 aliphatic rings. The second-order valence-corrected chi connectivity index (χ2v) is 7.47. The Labute approximate surface area is 123 Å². The molecule has 1 aromatic carbocycles. The minimum Gasteiger partial charge on any atom is -0.309 e. The molecule has 1 N–H and O–H groups in total. The van der Waals surface area contributed by atoms with Gasteiger partial charge in [-0.2, -0.15) is 0 Å². The summed E-state index contributed by atoms with van der Waals surface area (Å²) in [4.78, 5) is 0. The van der Waals surface area contributed by atoms with Gasteiger partial charge in [0.1, 0.15) is 0 Å². The Balaban J connectivity index is 2.69. The monoisotopic (exact) mass is 297 g/mol. The van der Waals surface area contributed by atoms with Crippen LogP contribution in [0.2, 0.25) is 0 Å². The van der Waals surface area contributed by atoms with Crippen molar-refractivity contribution in [1.29, 1.82) is 0 Å². The summed E-state index contributed by atoms with van der Waals surface area (Å²) in [6, 6.07) is 9.77. The molecule has 4 heteroatoms. The van der Waals surface area contributed by atoms with Gasteiger partial charge in [-0.25, -0.2) is 8.42 Å². The van der Waals surface area contributed by atoms with Crippen molar-refractivity contribution in [2.24, 2.45) is 0 Å². The van der Waals surface area contributed by atoms with Crippen molar-refractivity contribution >= 4 is 9.84 Å². The summed E-state index contributed by atoms with van der Waals surface area (Å²) in [7, 11) is -2.99. The maximum Gasteiger partial charge on any atom is 0.152 e. The average Bonchev–Trinajstić information content (AvgIpc) is 2.44. The van der Waals surface area contributed by atoms with Crippen molar-refractivity contribution in [3.63, 3.8) is 0 Å². The van der Waals surface area contributed by atoms with Crippen LogP contribution in [-0.2, 0) is 9.84 Å². The van der Waals surface area contributed by atoms with Crippen molar-refractivity contribution in [2.45, 2.75) is 45.6 Å². The van der Waals surface area contributed by atoms with E-state index >= 15 is 0 Å². The van der Waals surface area contributed by atoms with E-state index in [9.17, 15) is 8.42 Å². The minimum absolute atomic E-state index is 0.0947. The van der Waals surface area contributed by atoms with Gasteiger partial charge >= 0.3 is 0 Å².